The molecule has 2 aromatic rings. The third-order valence-electron chi connectivity index (χ3n) is 2.94. The Balaban J connectivity index is 2.45. The Hall–Kier alpha value is -2.36. The molecule has 0 amide bonds. The molecule has 0 spiro atoms. The number of hydrogen-bond acceptors (Lipinski definition) is 2. The predicted molar refractivity (Wildman–Crippen MR) is 72.6 cm³/mol. The lowest BCUT2D eigenvalue weighted by Crippen LogP contribution is -2.04. The van der Waals surface area contributed by atoms with Gasteiger partial charge in [-0.05, 0) is 43.7 Å². The van der Waals surface area contributed by atoms with Gasteiger partial charge in [0, 0.05) is 11.3 Å². The molecule has 19 heavy (non-hydrogen) atoms. The molecule has 0 unspecified atom stereocenters. The smallest absolute Gasteiger partial charge is 0.337 e. The zero-order valence-corrected chi connectivity index (χ0v) is 10.7. The number of aromatic carboxylic acids is 1. The molecular formula is C15H14FNO2. The molecule has 0 aliphatic rings. The predicted octanol–water partition coefficient (Wildman–Crippen LogP) is 3.88. The maximum atomic E-state index is 13.5. The minimum atomic E-state index is -1.02. The van der Waals surface area contributed by atoms with Gasteiger partial charge in [0.05, 0.1) is 11.3 Å². The zero-order valence-electron chi connectivity index (χ0n) is 10.7. The molecule has 0 aliphatic heterocycles. The van der Waals surface area contributed by atoms with Crippen molar-refractivity contribution in [2.45, 2.75) is 13.8 Å². The van der Waals surface area contributed by atoms with E-state index in [0.29, 0.717) is 16.9 Å². The van der Waals surface area contributed by atoms with E-state index in [9.17, 15) is 9.18 Å². The van der Waals surface area contributed by atoms with Crippen molar-refractivity contribution in [1.29, 1.82) is 0 Å². The summed E-state index contributed by atoms with van der Waals surface area (Å²) in [7, 11) is 0. The summed E-state index contributed by atoms with van der Waals surface area (Å²) in [4.78, 5) is 11.2. The van der Waals surface area contributed by atoms with E-state index in [1.54, 1.807) is 31.2 Å². The largest absolute Gasteiger partial charge is 0.478 e. The molecule has 0 aromatic heterocycles. The second-order valence-corrected chi connectivity index (χ2v) is 4.39. The summed E-state index contributed by atoms with van der Waals surface area (Å²) < 4.78 is 13.5. The van der Waals surface area contributed by atoms with E-state index in [0.717, 1.165) is 5.56 Å². The van der Waals surface area contributed by atoms with Crippen LogP contribution in [0.2, 0.25) is 0 Å². The van der Waals surface area contributed by atoms with E-state index < -0.39 is 5.97 Å². The number of benzene rings is 2. The van der Waals surface area contributed by atoms with Gasteiger partial charge in [0.1, 0.15) is 5.82 Å². The Labute approximate surface area is 110 Å². The normalized spacial score (nSPS) is 10.3. The Kier molecular flexibility index (Phi) is 3.51. The van der Waals surface area contributed by atoms with Crippen molar-refractivity contribution in [3.63, 3.8) is 0 Å². The molecule has 98 valence electrons. The van der Waals surface area contributed by atoms with Gasteiger partial charge in [0.2, 0.25) is 0 Å². The van der Waals surface area contributed by atoms with Crippen LogP contribution in [0.25, 0.3) is 0 Å². The highest BCUT2D eigenvalue weighted by Crippen LogP contribution is 2.25. The molecule has 0 atom stereocenters. The monoisotopic (exact) mass is 259 g/mol. The Morgan fingerprint density at radius 1 is 1.16 bits per heavy atom. The molecule has 0 heterocycles. The van der Waals surface area contributed by atoms with E-state index in [2.05, 4.69) is 5.32 Å². The third-order valence-corrected chi connectivity index (χ3v) is 2.94. The summed E-state index contributed by atoms with van der Waals surface area (Å²) in [6.07, 6.45) is 0. The zero-order chi connectivity index (χ0) is 14.0. The van der Waals surface area contributed by atoms with Gasteiger partial charge in [-0.25, -0.2) is 9.18 Å². The average Bonchev–Trinajstić information content (AvgIpc) is 2.35. The van der Waals surface area contributed by atoms with Crippen molar-refractivity contribution < 1.29 is 14.3 Å². The Morgan fingerprint density at radius 3 is 2.58 bits per heavy atom. The summed E-state index contributed by atoms with van der Waals surface area (Å²) in [6, 6.07) is 9.66. The molecule has 0 radical (unpaired) electrons. The molecule has 0 saturated heterocycles. The molecule has 3 nitrogen and oxygen atoms in total. The fraction of sp³-hybridized carbons (Fsp3) is 0.133. The number of rotatable bonds is 3. The molecule has 0 bridgehead atoms. The highest BCUT2D eigenvalue weighted by molar-refractivity contribution is 5.95. The van der Waals surface area contributed by atoms with Gasteiger partial charge in [-0.15, -0.1) is 0 Å². The fourth-order valence-electron chi connectivity index (χ4n) is 1.84. The molecule has 4 heteroatoms. The number of carboxylic acid groups (broad SMARTS) is 1. The van der Waals surface area contributed by atoms with Gasteiger partial charge >= 0.3 is 5.97 Å². The molecule has 2 rings (SSSR count). The van der Waals surface area contributed by atoms with Gasteiger partial charge < -0.3 is 10.4 Å². The number of carboxylic acids is 1. The first-order chi connectivity index (χ1) is 8.99. The number of aryl methyl sites for hydroxylation is 1. The maximum Gasteiger partial charge on any atom is 0.337 e. The van der Waals surface area contributed by atoms with Crippen LogP contribution in [0.4, 0.5) is 15.8 Å². The second kappa shape index (κ2) is 5.10. The van der Waals surface area contributed by atoms with Crippen LogP contribution in [0.1, 0.15) is 21.5 Å². The van der Waals surface area contributed by atoms with Crippen LogP contribution in [-0.4, -0.2) is 11.1 Å². The molecule has 2 N–H and O–H groups in total. The fourth-order valence-corrected chi connectivity index (χ4v) is 1.84. The van der Waals surface area contributed by atoms with E-state index in [4.69, 9.17) is 5.11 Å². The van der Waals surface area contributed by atoms with Gasteiger partial charge in [0.25, 0.3) is 0 Å². The molecular weight excluding hydrogens is 245 g/mol. The number of nitrogens with one attached hydrogen (secondary N) is 1. The summed E-state index contributed by atoms with van der Waals surface area (Å²) in [5.74, 6) is -1.34. The Morgan fingerprint density at radius 2 is 1.89 bits per heavy atom. The number of halogens is 1. The topological polar surface area (TPSA) is 49.3 Å². The quantitative estimate of drug-likeness (QED) is 0.879. The SMILES string of the molecule is Cc1ccc(C(=O)O)c(Nc2cccc(F)c2C)c1. The third kappa shape index (κ3) is 2.73. The van der Waals surface area contributed by atoms with E-state index in [1.807, 2.05) is 6.92 Å². The maximum absolute atomic E-state index is 13.5. The van der Waals surface area contributed by atoms with E-state index in [1.165, 1.54) is 12.1 Å². The lowest BCUT2D eigenvalue weighted by molar-refractivity contribution is 0.0698. The van der Waals surface area contributed by atoms with Crippen LogP contribution in [-0.2, 0) is 0 Å². The molecule has 0 saturated carbocycles. The van der Waals surface area contributed by atoms with Crippen LogP contribution >= 0.6 is 0 Å². The Bertz CT molecular complexity index is 638. The minimum Gasteiger partial charge on any atom is -0.478 e. The highest BCUT2D eigenvalue weighted by atomic mass is 19.1. The van der Waals surface area contributed by atoms with Crippen molar-refractivity contribution in [1.82, 2.24) is 0 Å². The first-order valence-corrected chi connectivity index (χ1v) is 5.85. The summed E-state index contributed by atoms with van der Waals surface area (Å²) in [5, 5.41) is 12.1. The number of hydrogen-bond donors (Lipinski definition) is 2. The summed E-state index contributed by atoms with van der Waals surface area (Å²) in [6.45, 7) is 3.52. The van der Waals surface area contributed by atoms with Gasteiger partial charge in [-0.3, -0.25) is 0 Å². The van der Waals surface area contributed by atoms with Gasteiger partial charge in [-0.1, -0.05) is 12.1 Å². The average molecular weight is 259 g/mol. The van der Waals surface area contributed by atoms with Crippen molar-refractivity contribution in [3.8, 4) is 0 Å². The summed E-state index contributed by atoms with van der Waals surface area (Å²) in [5.41, 5.74) is 2.57. The lowest BCUT2D eigenvalue weighted by Gasteiger charge is -2.13. The van der Waals surface area contributed by atoms with Crippen molar-refractivity contribution >= 4 is 17.3 Å². The van der Waals surface area contributed by atoms with Crippen LogP contribution in [0.15, 0.2) is 36.4 Å². The van der Waals surface area contributed by atoms with Crippen molar-refractivity contribution in [2.24, 2.45) is 0 Å². The van der Waals surface area contributed by atoms with Gasteiger partial charge in [-0.2, -0.15) is 0 Å². The van der Waals surface area contributed by atoms with E-state index in [-0.39, 0.29) is 11.4 Å². The van der Waals surface area contributed by atoms with Crippen LogP contribution in [0.3, 0.4) is 0 Å². The van der Waals surface area contributed by atoms with Crippen LogP contribution < -0.4 is 5.32 Å². The van der Waals surface area contributed by atoms with Gasteiger partial charge in [0.15, 0.2) is 0 Å². The number of carbonyl (C=O) groups is 1. The van der Waals surface area contributed by atoms with Crippen LogP contribution in [0, 0.1) is 19.7 Å². The first-order valence-electron chi connectivity index (χ1n) is 5.85. The highest BCUT2D eigenvalue weighted by Gasteiger charge is 2.11. The lowest BCUT2D eigenvalue weighted by atomic mass is 10.1. The minimum absolute atomic E-state index is 0.161. The molecule has 2 aromatic carbocycles. The summed E-state index contributed by atoms with van der Waals surface area (Å²) >= 11 is 0. The van der Waals surface area contributed by atoms with Crippen LogP contribution in [0.5, 0.6) is 0 Å². The van der Waals surface area contributed by atoms with E-state index >= 15 is 0 Å². The van der Waals surface area contributed by atoms with Crippen molar-refractivity contribution in [2.75, 3.05) is 5.32 Å². The first kappa shape index (κ1) is 13.1. The molecule has 0 fully saturated rings. The standard InChI is InChI=1S/C15H14FNO2/c1-9-6-7-11(15(18)19)14(8-9)17-13-5-3-4-12(16)10(13)2/h3-8,17H,1-2H3,(H,18,19). The number of anilines is 2. The second-order valence-electron chi connectivity index (χ2n) is 4.39. The molecule has 0 aliphatic carbocycles. The van der Waals surface area contributed by atoms with Crippen molar-refractivity contribution in [3.05, 3.63) is 58.9 Å².